The van der Waals surface area contributed by atoms with E-state index in [2.05, 4.69) is 31.2 Å². The number of hydrogen-bond acceptors (Lipinski definition) is 3. The van der Waals surface area contributed by atoms with Gasteiger partial charge in [-0.25, -0.2) is 0 Å². The molecule has 4 nitrogen and oxygen atoms in total. The third-order valence-electron chi connectivity index (χ3n) is 3.15. The SMILES string of the molecule is Cc1c(Cl)nn2c(-c3ccccc3Br)nnc2c1C. The summed E-state index contributed by atoms with van der Waals surface area (Å²) < 4.78 is 2.63. The van der Waals surface area contributed by atoms with Crippen LogP contribution in [0.1, 0.15) is 11.1 Å². The predicted molar refractivity (Wildman–Crippen MR) is 78.4 cm³/mol. The maximum atomic E-state index is 6.15. The second-order valence-corrected chi connectivity index (χ2v) is 5.49. The maximum absolute atomic E-state index is 6.15. The molecule has 3 aromatic rings. The molecule has 2 aromatic heterocycles. The Bertz CT molecular complexity index is 782. The fourth-order valence-corrected chi connectivity index (χ4v) is 2.58. The fourth-order valence-electron chi connectivity index (χ4n) is 1.90. The van der Waals surface area contributed by atoms with E-state index in [1.165, 1.54) is 0 Å². The van der Waals surface area contributed by atoms with Crippen molar-refractivity contribution in [3.8, 4) is 11.4 Å². The van der Waals surface area contributed by atoms with Crippen LogP contribution in [0, 0.1) is 13.8 Å². The van der Waals surface area contributed by atoms with Gasteiger partial charge < -0.3 is 0 Å². The van der Waals surface area contributed by atoms with Crippen LogP contribution in [0.15, 0.2) is 28.7 Å². The third kappa shape index (κ3) is 1.93. The van der Waals surface area contributed by atoms with Crippen LogP contribution >= 0.6 is 27.5 Å². The van der Waals surface area contributed by atoms with Gasteiger partial charge >= 0.3 is 0 Å². The first-order chi connectivity index (χ1) is 9.09. The summed E-state index contributed by atoms with van der Waals surface area (Å²) in [6.07, 6.45) is 0. The standard InChI is InChI=1S/C13H10BrClN4/c1-7-8(2)12-16-17-13(19(12)18-11(7)15)9-5-3-4-6-10(9)14/h3-6H,1-2H3. The van der Waals surface area contributed by atoms with Gasteiger partial charge in [-0.15, -0.1) is 10.2 Å². The summed E-state index contributed by atoms with van der Waals surface area (Å²) in [5.41, 5.74) is 3.58. The molecule has 0 aliphatic carbocycles. The van der Waals surface area contributed by atoms with Gasteiger partial charge in [0.15, 0.2) is 16.6 Å². The quantitative estimate of drug-likeness (QED) is 0.678. The van der Waals surface area contributed by atoms with Gasteiger partial charge in [-0.05, 0) is 31.5 Å². The van der Waals surface area contributed by atoms with E-state index < -0.39 is 0 Å². The molecule has 0 bridgehead atoms. The molecule has 19 heavy (non-hydrogen) atoms. The van der Waals surface area contributed by atoms with Crippen molar-refractivity contribution in [2.45, 2.75) is 13.8 Å². The van der Waals surface area contributed by atoms with Gasteiger partial charge in [0.1, 0.15) is 0 Å². The van der Waals surface area contributed by atoms with Crippen LogP contribution in [0.2, 0.25) is 5.15 Å². The third-order valence-corrected chi connectivity index (χ3v) is 4.20. The van der Waals surface area contributed by atoms with E-state index in [1.54, 1.807) is 4.52 Å². The van der Waals surface area contributed by atoms with Gasteiger partial charge in [0.2, 0.25) is 0 Å². The summed E-state index contributed by atoms with van der Waals surface area (Å²) in [5.74, 6) is 0.674. The summed E-state index contributed by atoms with van der Waals surface area (Å²) in [4.78, 5) is 0. The van der Waals surface area contributed by atoms with Crippen molar-refractivity contribution >= 4 is 33.2 Å². The molecule has 3 rings (SSSR count). The first-order valence-electron chi connectivity index (χ1n) is 5.72. The van der Waals surface area contributed by atoms with Crippen LogP contribution in [0.25, 0.3) is 17.0 Å². The zero-order chi connectivity index (χ0) is 13.6. The second kappa shape index (κ2) is 4.58. The Hall–Kier alpha value is -1.46. The molecule has 96 valence electrons. The first kappa shape index (κ1) is 12.6. The Kier molecular flexibility index (Phi) is 3.03. The highest BCUT2D eigenvalue weighted by atomic mass is 79.9. The Morgan fingerprint density at radius 2 is 1.84 bits per heavy atom. The normalized spacial score (nSPS) is 11.2. The smallest absolute Gasteiger partial charge is 0.186 e. The van der Waals surface area contributed by atoms with Gasteiger partial charge in [0.25, 0.3) is 0 Å². The molecule has 0 atom stereocenters. The minimum Gasteiger partial charge on any atom is -0.191 e. The van der Waals surface area contributed by atoms with Crippen molar-refractivity contribution in [1.82, 2.24) is 19.8 Å². The predicted octanol–water partition coefficient (Wildman–Crippen LogP) is 3.82. The topological polar surface area (TPSA) is 43.1 Å². The zero-order valence-corrected chi connectivity index (χ0v) is 12.7. The molecule has 0 saturated heterocycles. The highest BCUT2D eigenvalue weighted by Gasteiger charge is 2.16. The van der Waals surface area contributed by atoms with Gasteiger partial charge in [-0.2, -0.15) is 9.61 Å². The lowest BCUT2D eigenvalue weighted by atomic mass is 10.2. The number of benzene rings is 1. The summed E-state index contributed by atoms with van der Waals surface area (Å²) in [6, 6.07) is 7.82. The van der Waals surface area contributed by atoms with Gasteiger partial charge in [0, 0.05) is 15.6 Å². The average molecular weight is 338 g/mol. The van der Waals surface area contributed by atoms with E-state index >= 15 is 0 Å². The molecular weight excluding hydrogens is 328 g/mol. The highest BCUT2D eigenvalue weighted by molar-refractivity contribution is 9.10. The number of halogens is 2. The van der Waals surface area contributed by atoms with Crippen LogP contribution in [0.3, 0.4) is 0 Å². The van der Waals surface area contributed by atoms with Crippen molar-refractivity contribution in [2.75, 3.05) is 0 Å². The molecule has 0 saturated carbocycles. The van der Waals surface area contributed by atoms with E-state index in [0.29, 0.717) is 11.0 Å². The average Bonchev–Trinajstić information content (AvgIpc) is 2.80. The van der Waals surface area contributed by atoms with Gasteiger partial charge in [-0.1, -0.05) is 39.7 Å². The minimum absolute atomic E-state index is 0.470. The summed E-state index contributed by atoms with van der Waals surface area (Å²) >= 11 is 9.66. The molecule has 1 aromatic carbocycles. The van der Waals surface area contributed by atoms with Crippen molar-refractivity contribution in [3.63, 3.8) is 0 Å². The van der Waals surface area contributed by atoms with Crippen LogP contribution in [-0.2, 0) is 0 Å². The van der Waals surface area contributed by atoms with Crippen molar-refractivity contribution < 1.29 is 0 Å². The molecule has 0 aliphatic rings. The van der Waals surface area contributed by atoms with Crippen LogP contribution in [0.5, 0.6) is 0 Å². The lowest BCUT2D eigenvalue weighted by Crippen LogP contribution is -2.00. The lowest BCUT2D eigenvalue weighted by molar-refractivity contribution is 0.918. The maximum Gasteiger partial charge on any atom is 0.186 e. The van der Waals surface area contributed by atoms with Crippen molar-refractivity contribution in [2.24, 2.45) is 0 Å². The fraction of sp³-hybridized carbons (Fsp3) is 0.154. The Morgan fingerprint density at radius 3 is 2.58 bits per heavy atom. The Morgan fingerprint density at radius 1 is 1.11 bits per heavy atom. The molecule has 0 amide bonds. The van der Waals surface area contributed by atoms with E-state index in [4.69, 9.17) is 11.6 Å². The number of fused-ring (bicyclic) bond motifs is 1. The van der Waals surface area contributed by atoms with E-state index in [0.717, 1.165) is 26.8 Å². The van der Waals surface area contributed by atoms with Gasteiger partial charge in [0.05, 0.1) is 0 Å². The van der Waals surface area contributed by atoms with Crippen LogP contribution in [0.4, 0.5) is 0 Å². The summed E-state index contributed by atoms with van der Waals surface area (Å²) in [7, 11) is 0. The molecule has 0 N–H and O–H groups in total. The molecule has 0 radical (unpaired) electrons. The van der Waals surface area contributed by atoms with Crippen molar-refractivity contribution in [3.05, 3.63) is 45.0 Å². The molecule has 2 heterocycles. The lowest BCUT2D eigenvalue weighted by Gasteiger charge is -2.06. The van der Waals surface area contributed by atoms with Crippen LogP contribution < -0.4 is 0 Å². The Balaban J connectivity index is 2.36. The number of aryl methyl sites for hydroxylation is 1. The number of nitrogens with zero attached hydrogens (tertiary/aromatic N) is 4. The summed E-state index contributed by atoms with van der Waals surface area (Å²) in [5, 5.41) is 13.3. The largest absolute Gasteiger partial charge is 0.191 e. The molecule has 6 heteroatoms. The monoisotopic (exact) mass is 336 g/mol. The molecule has 0 fully saturated rings. The van der Waals surface area contributed by atoms with Gasteiger partial charge in [-0.3, -0.25) is 0 Å². The first-order valence-corrected chi connectivity index (χ1v) is 6.89. The van der Waals surface area contributed by atoms with E-state index in [1.807, 2.05) is 38.1 Å². The Labute approximate surface area is 123 Å². The molecule has 0 unspecified atom stereocenters. The number of rotatable bonds is 1. The molecule has 0 spiro atoms. The minimum atomic E-state index is 0.470. The number of hydrogen-bond donors (Lipinski definition) is 0. The van der Waals surface area contributed by atoms with Crippen molar-refractivity contribution in [1.29, 1.82) is 0 Å². The second-order valence-electron chi connectivity index (χ2n) is 4.28. The molecular formula is C13H10BrClN4. The zero-order valence-electron chi connectivity index (χ0n) is 10.4. The van der Waals surface area contributed by atoms with Crippen LogP contribution in [-0.4, -0.2) is 19.8 Å². The number of aromatic nitrogens is 4. The summed E-state index contributed by atoms with van der Waals surface area (Å²) in [6.45, 7) is 3.90. The van der Waals surface area contributed by atoms with E-state index in [9.17, 15) is 0 Å². The van der Waals surface area contributed by atoms with E-state index in [-0.39, 0.29) is 0 Å². The molecule has 0 aliphatic heterocycles. The highest BCUT2D eigenvalue weighted by Crippen LogP contribution is 2.28.